The van der Waals surface area contributed by atoms with Crippen LogP contribution in [0.25, 0.3) is 4.85 Å². The molecule has 0 saturated carbocycles. The molecule has 1 nitrogen and oxygen atoms in total. The van der Waals surface area contributed by atoms with Crippen molar-refractivity contribution in [2.75, 3.05) is 0 Å². The van der Waals surface area contributed by atoms with Crippen molar-refractivity contribution in [2.45, 2.75) is 6.54 Å². The maximum absolute atomic E-state index is 6.55. The summed E-state index contributed by atoms with van der Waals surface area (Å²) in [6, 6.07) is 1.81. The Bertz CT molecular complexity index is 235. The lowest BCUT2D eigenvalue weighted by atomic mass is 10.5. The van der Waals surface area contributed by atoms with Crippen LogP contribution < -0.4 is 0 Å². The van der Waals surface area contributed by atoms with Gasteiger partial charge in [-0.25, -0.2) is 6.57 Å². The van der Waals surface area contributed by atoms with E-state index in [4.69, 9.17) is 18.2 Å². The summed E-state index contributed by atoms with van der Waals surface area (Å²) < 4.78 is 0. The van der Waals surface area contributed by atoms with Gasteiger partial charge in [0, 0.05) is 0 Å². The summed E-state index contributed by atoms with van der Waals surface area (Å²) in [5.74, 6) is 0. The van der Waals surface area contributed by atoms with Gasteiger partial charge < -0.3 is 4.85 Å². The van der Waals surface area contributed by atoms with Gasteiger partial charge in [0.2, 0.25) is 6.54 Å². The summed E-state index contributed by atoms with van der Waals surface area (Å²) in [5.41, 5.74) is 0. The number of halogens is 1. The fourth-order valence-electron chi connectivity index (χ4n) is 0.510. The lowest BCUT2D eigenvalue weighted by Gasteiger charge is -1.81. The molecule has 0 aliphatic heterocycles. The SMILES string of the molecule is [C-]#[N+]Cc1sccc1Cl. The van der Waals surface area contributed by atoms with Gasteiger partial charge >= 0.3 is 0 Å². The first-order chi connectivity index (χ1) is 4.34. The Hall–Kier alpha value is -0.520. The Morgan fingerprint density at radius 1 is 1.78 bits per heavy atom. The van der Waals surface area contributed by atoms with E-state index in [1.807, 2.05) is 11.4 Å². The van der Waals surface area contributed by atoms with Crippen molar-refractivity contribution in [2.24, 2.45) is 0 Å². The van der Waals surface area contributed by atoms with Crippen LogP contribution in [0.3, 0.4) is 0 Å². The second-order valence-electron chi connectivity index (χ2n) is 1.51. The van der Waals surface area contributed by atoms with Gasteiger partial charge in [-0.05, 0) is 11.4 Å². The molecule has 0 fully saturated rings. The summed E-state index contributed by atoms with van der Waals surface area (Å²) in [5, 5.41) is 2.61. The van der Waals surface area contributed by atoms with E-state index in [-0.39, 0.29) is 0 Å². The molecule has 1 aromatic heterocycles. The van der Waals surface area contributed by atoms with Crippen LogP contribution in [0.15, 0.2) is 11.4 Å². The molecule has 46 valence electrons. The van der Waals surface area contributed by atoms with Crippen LogP contribution in [-0.2, 0) is 6.54 Å². The van der Waals surface area contributed by atoms with Crippen molar-refractivity contribution in [3.8, 4) is 0 Å². The van der Waals surface area contributed by atoms with Crippen LogP contribution in [-0.4, -0.2) is 0 Å². The van der Waals surface area contributed by atoms with Crippen molar-refractivity contribution >= 4 is 22.9 Å². The van der Waals surface area contributed by atoms with Crippen LogP contribution in [0.2, 0.25) is 5.02 Å². The lowest BCUT2D eigenvalue weighted by Crippen LogP contribution is -1.68. The molecule has 1 aromatic rings. The second kappa shape index (κ2) is 2.86. The van der Waals surface area contributed by atoms with Crippen molar-refractivity contribution < 1.29 is 0 Å². The van der Waals surface area contributed by atoms with Gasteiger partial charge in [0.15, 0.2) is 0 Å². The Kier molecular flexibility index (Phi) is 2.10. The topological polar surface area (TPSA) is 4.36 Å². The number of nitrogens with zero attached hydrogens (tertiary/aromatic N) is 1. The first-order valence-corrected chi connectivity index (χ1v) is 3.65. The standard InChI is InChI=1S/C6H4ClNS/c1-8-4-6-5(7)2-3-9-6/h2-3H,4H2. The molecule has 0 N–H and O–H groups in total. The molecule has 9 heavy (non-hydrogen) atoms. The predicted molar refractivity (Wildman–Crippen MR) is 39.6 cm³/mol. The highest BCUT2D eigenvalue weighted by Crippen LogP contribution is 2.22. The normalized spacial score (nSPS) is 8.89. The van der Waals surface area contributed by atoms with Gasteiger partial charge in [-0.3, -0.25) is 0 Å². The van der Waals surface area contributed by atoms with Crippen molar-refractivity contribution in [1.29, 1.82) is 0 Å². The van der Waals surface area contributed by atoms with E-state index < -0.39 is 0 Å². The van der Waals surface area contributed by atoms with Gasteiger partial charge in [-0.2, -0.15) is 0 Å². The molecule has 3 heteroatoms. The van der Waals surface area contributed by atoms with E-state index in [0.717, 1.165) is 9.90 Å². The Labute approximate surface area is 62.7 Å². The fraction of sp³-hybridized carbons (Fsp3) is 0.167. The highest BCUT2D eigenvalue weighted by Gasteiger charge is 2.01. The maximum atomic E-state index is 6.55. The fourth-order valence-corrected chi connectivity index (χ4v) is 1.53. The summed E-state index contributed by atoms with van der Waals surface area (Å²) >= 11 is 7.21. The molecule has 0 unspecified atom stereocenters. The van der Waals surface area contributed by atoms with Crippen LogP contribution in [0.4, 0.5) is 0 Å². The number of hydrogen-bond acceptors (Lipinski definition) is 1. The molecule has 0 aromatic carbocycles. The van der Waals surface area contributed by atoms with E-state index in [1.165, 1.54) is 11.3 Å². The number of rotatable bonds is 1. The molecule has 0 atom stereocenters. The Morgan fingerprint density at radius 3 is 3.00 bits per heavy atom. The summed E-state index contributed by atoms with van der Waals surface area (Å²) in [6.07, 6.45) is 0. The Morgan fingerprint density at radius 2 is 2.56 bits per heavy atom. The third-order valence-corrected chi connectivity index (χ3v) is 2.29. The van der Waals surface area contributed by atoms with E-state index in [0.29, 0.717) is 6.54 Å². The van der Waals surface area contributed by atoms with E-state index in [1.54, 1.807) is 0 Å². The van der Waals surface area contributed by atoms with Crippen molar-refractivity contribution in [3.05, 3.63) is 32.8 Å². The molecule has 1 heterocycles. The van der Waals surface area contributed by atoms with Gasteiger partial charge in [-0.1, -0.05) is 11.6 Å². The quantitative estimate of drug-likeness (QED) is 0.553. The van der Waals surface area contributed by atoms with Crippen LogP contribution in [0.5, 0.6) is 0 Å². The molecule has 0 amide bonds. The van der Waals surface area contributed by atoms with E-state index in [2.05, 4.69) is 4.85 Å². The number of hydrogen-bond donors (Lipinski definition) is 0. The summed E-state index contributed by atoms with van der Waals surface area (Å²) in [6.45, 7) is 6.96. The summed E-state index contributed by atoms with van der Waals surface area (Å²) in [4.78, 5) is 4.18. The summed E-state index contributed by atoms with van der Waals surface area (Å²) in [7, 11) is 0. The van der Waals surface area contributed by atoms with E-state index in [9.17, 15) is 0 Å². The molecular formula is C6H4ClNS. The molecule has 0 aliphatic carbocycles. The third-order valence-electron chi connectivity index (χ3n) is 0.914. The average Bonchev–Trinajstić information content (AvgIpc) is 2.18. The minimum absolute atomic E-state index is 0.413. The zero-order valence-electron chi connectivity index (χ0n) is 4.60. The van der Waals surface area contributed by atoms with Gasteiger partial charge in [0.1, 0.15) is 4.88 Å². The van der Waals surface area contributed by atoms with Gasteiger partial charge in [0.25, 0.3) is 0 Å². The largest absolute Gasteiger partial charge is 0.311 e. The molecule has 0 radical (unpaired) electrons. The average molecular weight is 158 g/mol. The van der Waals surface area contributed by atoms with E-state index >= 15 is 0 Å². The van der Waals surface area contributed by atoms with Crippen molar-refractivity contribution in [3.63, 3.8) is 0 Å². The zero-order chi connectivity index (χ0) is 6.69. The smallest absolute Gasteiger partial charge is 0.250 e. The maximum Gasteiger partial charge on any atom is 0.250 e. The molecule has 0 aliphatic rings. The molecular weight excluding hydrogens is 154 g/mol. The molecule has 0 bridgehead atoms. The third kappa shape index (κ3) is 1.44. The van der Waals surface area contributed by atoms with Crippen LogP contribution in [0.1, 0.15) is 4.88 Å². The second-order valence-corrected chi connectivity index (χ2v) is 2.92. The minimum atomic E-state index is 0.413. The van der Waals surface area contributed by atoms with Gasteiger partial charge in [-0.15, -0.1) is 11.3 Å². The molecule has 0 spiro atoms. The first kappa shape index (κ1) is 6.60. The molecule has 1 rings (SSSR count). The molecule has 0 saturated heterocycles. The lowest BCUT2D eigenvalue weighted by molar-refractivity contribution is 1.34. The number of thiophene rings is 1. The zero-order valence-corrected chi connectivity index (χ0v) is 6.17. The predicted octanol–water partition coefficient (Wildman–Crippen LogP) is 2.82. The van der Waals surface area contributed by atoms with Crippen LogP contribution >= 0.6 is 22.9 Å². The Balaban J connectivity index is 2.84. The highest BCUT2D eigenvalue weighted by atomic mass is 35.5. The van der Waals surface area contributed by atoms with Crippen molar-refractivity contribution in [1.82, 2.24) is 0 Å². The monoisotopic (exact) mass is 157 g/mol. The highest BCUT2D eigenvalue weighted by molar-refractivity contribution is 7.10. The van der Waals surface area contributed by atoms with Gasteiger partial charge in [0.05, 0.1) is 5.02 Å². The minimum Gasteiger partial charge on any atom is -0.311 e. The first-order valence-electron chi connectivity index (χ1n) is 2.39. The van der Waals surface area contributed by atoms with Crippen LogP contribution in [0, 0.1) is 6.57 Å².